The standard InChI is InChI=1S/C16H22N2O3/c1-3-11(2)17-15(19)18-12-6-7-13-14(10-12)21-16(20-13)8-4-5-9-16/h6-7,10-11H,3-5,8-9H2,1-2H3,(H2,17,18,19). The second-order valence-corrected chi connectivity index (χ2v) is 5.89. The predicted molar refractivity (Wildman–Crippen MR) is 80.8 cm³/mol. The molecular formula is C16H22N2O3. The van der Waals surface area contributed by atoms with Crippen molar-refractivity contribution in [2.75, 3.05) is 5.32 Å². The van der Waals surface area contributed by atoms with Gasteiger partial charge in [-0.3, -0.25) is 0 Å². The van der Waals surface area contributed by atoms with Gasteiger partial charge in [0.25, 0.3) is 5.79 Å². The first kappa shape index (κ1) is 14.0. The molecule has 1 saturated carbocycles. The molecule has 1 aromatic carbocycles. The average molecular weight is 290 g/mol. The largest absolute Gasteiger partial charge is 0.448 e. The van der Waals surface area contributed by atoms with Gasteiger partial charge in [0, 0.05) is 30.6 Å². The molecule has 3 rings (SSSR count). The zero-order valence-corrected chi connectivity index (χ0v) is 12.6. The molecular weight excluding hydrogens is 268 g/mol. The van der Waals surface area contributed by atoms with Crippen LogP contribution in [-0.4, -0.2) is 17.9 Å². The highest BCUT2D eigenvalue weighted by molar-refractivity contribution is 5.89. The molecule has 2 amide bonds. The van der Waals surface area contributed by atoms with Crippen molar-refractivity contribution in [1.82, 2.24) is 5.32 Å². The lowest BCUT2D eigenvalue weighted by Crippen LogP contribution is -2.35. The number of hydrogen-bond acceptors (Lipinski definition) is 3. The topological polar surface area (TPSA) is 59.6 Å². The van der Waals surface area contributed by atoms with E-state index < -0.39 is 5.79 Å². The summed E-state index contributed by atoms with van der Waals surface area (Å²) in [6.07, 6.45) is 5.03. The third-order valence-electron chi connectivity index (χ3n) is 4.15. The molecule has 1 heterocycles. The second-order valence-electron chi connectivity index (χ2n) is 5.89. The monoisotopic (exact) mass is 290 g/mol. The number of rotatable bonds is 3. The number of fused-ring (bicyclic) bond motifs is 1. The van der Waals surface area contributed by atoms with Crippen molar-refractivity contribution in [2.45, 2.75) is 57.8 Å². The third-order valence-corrected chi connectivity index (χ3v) is 4.15. The lowest BCUT2D eigenvalue weighted by molar-refractivity contribution is -0.0716. The van der Waals surface area contributed by atoms with Gasteiger partial charge in [-0.15, -0.1) is 0 Å². The molecule has 1 unspecified atom stereocenters. The number of carbonyl (C=O) groups excluding carboxylic acids is 1. The number of ether oxygens (including phenoxy) is 2. The summed E-state index contributed by atoms with van der Waals surface area (Å²) in [4.78, 5) is 11.8. The van der Waals surface area contributed by atoms with Gasteiger partial charge in [-0.25, -0.2) is 4.79 Å². The molecule has 5 nitrogen and oxygen atoms in total. The molecule has 0 saturated heterocycles. The summed E-state index contributed by atoms with van der Waals surface area (Å²) in [5, 5.41) is 5.70. The molecule has 5 heteroatoms. The number of benzene rings is 1. The van der Waals surface area contributed by atoms with Crippen LogP contribution in [0.4, 0.5) is 10.5 Å². The Hall–Kier alpha value is -1.91. The molecule has 114 valence electrons. The van der Waals surface area contributed by atoms with Crippen molar-refractivity contribution in [3.8, 4) is 11.5 Å². The minimum absolute atomic E-state index is 0.153. The molecule has 2 aliphatic rings. The van der Waals surface area contributed by atoms with E-state index >= 15 is 0 Å². The Balaban J connectivity index is 1.66. The minimum Gasteiger partial charge on any atom is -0.448 e. The van der Waals surface area contributed by atoms with E-state index in [9.17, 15) is 4.79 Å². The molecule has 2 N–H and O–H groups in total. The highest BCUT2D eigenvalue weighted by Gasteiger charge is 2.44. The van der Waals surface area contributed by atoms with Gasteiger partial charge < -0.3 is 20.1 Å². The third kappa shape index (κ3) is 2.91. The van der Waals surface area contributed by atoms with E-state index in [1.165, 1.54) is 0 Å². The maximum atomic E-state index is 11.8. The van der Waals surface area contributed by atoms with E-state index in [-0.39, 0.29) is 12.1 Å². The van der Waals surface area contributed by atoms with Gasteiger partial charge >= 0.3 is 6.03 Å². The Labute approximate surface area is 125 Å². The summed E-state index contributed by atoms with van der Waals surface area (Å²) in [6, 6.07) is 5.49. The molecule has 21 heavy (non-hydrogen) atoms. The van der Waals surface area contributed by atoms with Crippen LogP contribution in [-0.2, 0) is 0 Å². The van der Waals surface area contributed by atoms with Crippen LogP contribution in [0.5, 0.6) is 11.5 Å². The van der Waals surface area contributed by atoms with Gasteiger partial charge in [0.2, 0.25) is 0 Å². The van der Waals surface area contributed by atoms with Gasteiger partial charge in [-0.05, 0) is 38.3 Å². The van der Waals surface area contributed by atoms with Crippen molar-refractivity contribution in [3.05, 3.63) is 18.2 Å². The van der Waals surface area contributed by atoms with Crippen molar-refractivity contribution >= 4 is 11.7 Å². The van der Waals surface area contributed by atoms with Gasteiger partial charge in [-0.2, -0.15) is 0 Å². The van der Waals surface area contributed by atoms with Crippen molar-refractivity contribution < 1.29 is 14.3 Å². The maximum absolute atomic E-state index is 11.8. The quantitative estimate of drug-likeness (QED) is 0.893. The SMILES string of the molecule is CCC(C)NC(=O)Nc1ccc2c(c1)OC1(CCCC1)O2. The Morgan fingerprint density at radius 1 is 1.29 bits per heavy atom. The molecule has 0 bridgehead atoms. The molecule has 1 aliphatic heterocycles. The lowest BCUT2D eigenvalue weighted by atomic mass is 10.2. The Bertz CT molecular complexity index is 538. The lowest BCUT2D eigenvalue weighted by Gasteiger charge is -2.21. The van der Waals surface area contributed by atoms with Crippen LogP contribution < -0.4 is 20.1 Å². The van der Waals surface area contributed by atoms with Gasteiger partial charge in [0.05, 0.1) is 0 Å². The van der Waals surface area contributed by atoms with Crippen LogP contribution in [0.1, 0.15) is 46.0 Å². The number of amides is 2. The van der Waals surface area contributed by atoms with Crippen LogP contribution in [0, 0.1) is 0 Å². The van der Waals surface area contributed by atoms with E-state index in [0.717, 1.165) is 43.6 Å². The second kappa shape index (κ2) is 5.47. The number of nitrogens with one attached hydrogen (secondary N) is 2. The Kier molecular flexibility index (Phi) is 3.66. The number of hydrogen-bond donors (Lipinski definition) is 2. The Morgan fingerprint density at radius 2 is 2.00 bits per heavy atom. The van der Waals surface area contributed by atoms with Crippen molar-refractivity contribution in [2.24, 2.45) is 0 Å². The highest BCUT2D eigenvalue weighted by Crippen LogP contribution is 2.47. The summed E-state index contributed by atoms with van der Waals surface area (Å²) < 4.78 is 11.9. The molecule has 1 aromatic rings. The first-order chi connectivity index (χ1) is 10.1. The summed E-state index contributed by atoms with van der Waals surface area (Å²) >= 11 is 0. The van der Waals surface area contributed by atoms with Crippen LogP contribution in [0.2, 0.25) is 0 Å². The van der Waals surface area contributed by atoms with Crippen molar-refractivity contribution in [3.63, 3.8) is 0 Å². The zero-order valence-electron chi connectivity index (χ0n) is 12.6. The molecule has 0 aromatic heterocycles. The van der Waals surface area contributed by atoms with Crippen molar-refractivity contribution in [1.29, 1.82) is 0 Å². The fourth-order valence-electron chi connectivity index (χ4n) is 2.78. The van der Waals surface area contributed by atoms with E-state index in [2.05, 4.69) is 10.6 Å². The zero-order chi connectivity index (χ0) is 14.9. The van der Waals surface area contributed by atoms with E-state index in [4.69, 9.17) is 9.47 Å². The first-order valence-electron chi connectivity index (χ1n) is 7.70. The average Bonchev–Trinajstić information content (AvgIpc) is 3.04. The molecule has 1 fully saturated rings. The first-order valence-corrected chi connectivity index (χ1v) is 7.70. The number of urea groups is 1. The van der Waals surface area contributed by atoms with Gasteiger partial charge in [0.15, 0.2) is 11.5 Å². The number of carbonyl (C=O) groups is 1. The van der Waals surface area contributed by atoms with E-state index in [0.29, 0.717) is 5.69 Å². The van der Waals surface area contributed by atoms with Crippen LogP contribution in [0.15, 0.2) is 18.2 Å². The summed E-state index contributed by atoms with van der Waals surface area (Å²) in [7, 11) is 0. The highest BCUT2D eigenvalue weighted by atomic mass is 16.7. The van der Waals surface area contributed by atoms with Crippen LogP contribution in [0.3, 0.4) is 0 Å². The van der Waals surface area contributed by atoms with Gasteiger partial charge in [0.1, 0.15) is 0 Å². The number of anilines is 1. The Morgan fingerprint density at radius 3 is 2.71 bits per heavy atom. The molecule has 1 aliphatic carbocycles. The smallest absolute Gasteiger partial charge is 0.319 e. The minimum atomic E-state index is -0.458. The van der Waals surface area contributed by atoms with E-state index in [1.807, 2.05) is 32.0 Å². The maximum Gasteiger partial charge on any atom is 0.319 e. The van der Waals surface area contributed by atoms with Crippen LogP contribution in [0.25, 0.3) is 0 Å². The summed E-state index contributed by atoms with van der Waals surface area (Å²) in [5.74, 6) is 1.03. The van der Waals surface area contributed by atoms with Crippen LogP contribution >= 0.6 is 0 Å². The summed E-state index contributed by atoms with van der Waals surface area (Å²) in [6.45, 7) is 4.01. The molecule has 0 radical (unpaired) electrons. The predicted octanol–water partition coefficient (Wildman–Crippen LogP) is 3.65. The molecule has 1 atom stereocenters. The van der Waals surface area contributed by atoms with E-state index in [1.54, 1.807) is 0 Å². The fourth-order valence-corrected chi connectivity index (χ4v) is 2.78. The summed E-state index contributed by atoms with van der Waals surface area (Å²) in [5.41, 5.74) is 0.716. The van der Waals surface area contributed by atoms with Gasteiger partial charge in [-0.1, -0.05) is 6.92 Å². The fraction of sp³-hybridized carbons (Fsp3) is 0.562. The normalized spacial score (nSPS) is 19.5. The molecule has 1 spiro atoms.